The van der Waals surface area contributed by atoms with Gasteiger partial charge in [-0.25, -0.2) is 4.39 Å². The van der Waals surface area contributed by atoms with Crippen molar-refractivity contribution in [1.29, 1.82) is 0 Å². The highest BCUT2D eigenvalue weighted by molar-refractivity contribution is 5.97. The van der Waals surface area contributed by atoms with Crippen molar-refractivity contribution in [2.24, 2.45) is 5.92 Å². The summed E-state index contributed by atoms with van der Waals surface area (Å²) in [7, 11) is 0. The first-order valence-electron chi connectivity index (χ1n) is 7.08. The standard InChI is InChI=1S/C15H17FN2O/c16-10-2-1-9-5-6-18(14(9)7-10)15(19)12-8-11-3-4-13(12)17-11/h1-2,7,11-13,17H,3-6,8H2. The molecule has 0 radical (unpaired) electrons. The third-order valence-electron chi connectivity index (χ3n) is 4.83. The summed E-state index contributed by atoms with van der Waals surface area (Å²) in [5, 5.41) is 3.50. The lowest BCUT2D eigenvalue weighted by molar-refractivity contribution is -0.122. The molecule has 100 valence electrons. The Labute approximate surface area is 111 Å². The molecule has 2 bridgehead atoms. The van der Waals surface area contributed by atoms with Crippen LogP contribution in [0.2, 0.25) is 0 Å². The van der Waals surface area contributed by atoms with Crippen molar-refractivity contribution >= 4 is 11.6 Å². The number of hydrogen-bond donors (Lipinski definition) is 1. The molecule has 4 heteroatoms. The normalized spacial score (nSPS) is 31.8. The number of rotatable bonds is 1. The summed E-state index contributed by atoms with van der Waals surface area (Å²) in [5.74, 6) is 0.0153. The Morgan fingerprint density at radius 1 is 1.37 bits per heavy atom. The van der Waals surface area contributed by atoms with Crippen molar-refractivity contribution in [2.45, 2.75) is 37.8 Å². The van der Waals surface area contributed by atoms with Gasteiger partial charge in [0.2, 0.25) is 5.91 Å². The highest BCUT2D eigenvalue weighted by atomic mass is 19.1. The minimum atomic E-state index is -0.260. The number of hydrogen-bond acceptors (Lipinski definition) is 2. The highest BCUT2D eigenvalue weighted by Gasteiger charge is 2.45. The summed E-state index contributed by atoms with van der Waals surface area (Å²) in [6.45, 7) is 0.700. The summed E-state index contributed by atoms with van der Waals surface area (Å²) in [6, 6.07) is 5.65. The van der Waals surface area contributed by atoms with Crippen LogP contribution in [0.4, 0.5) is 10.1 Å². The van der Waals surface area contributed by atoms with Gasteiger partial charge in [0.25, 0.3) is 0 Å². The maximum Gasteiger partial charge on any atom is 0.231 e. The second kappa shape index (κ2) is 4.04. The molecule has 3 heterocycles. The van der Waals surface area contributed by atoms with Gasteiger partial charge in [-0.05, 0) is 43.4 Å². The maximum absolute atomic E-state index is 13.4. The molecule has 1 N–H and O–H groups in total. The molecule has 4 rings (SSSR count). The largest absolute Gasteiger partial charge is 0.311 e. The Kier molecular flexibility index (Phi) is 2.42. The molecule has 19 heavy (non-hydrogen) atoms. The second-order valence-electron chi connectivity index (χ2n) is 5.90. The number of anilines is 1. The van der Waals surface area contributed by atoms with E-state index in [9.17, 15) is 9.18 Å². The molecule has 1 aromatic carbocycles. The van der Waals surface area contributed by atoms with Crippen molar-refractivity contribution in [3.63, 3.8) is 0 Å². The molecule has 0 aromatic heterocycles. The number of carbonyl (C=O) groups excluding carboxylic acids is 1. The van der Waals surface area contributed by atoms with E-state index in [0.29, 0.717) is 18.6 Å². The van der Waals surface area contributed by atoms with E-state index in [2.05, 4.69) is 5.32 Å². The van der Waals surface area contributed by atoms with Gasteiger partial charge in [-0.15, -0.1) is 0 Å². The van der Waals surface area contributed by atoms with Crippen LogP contribution in [0.25, 0.3) is 0 Å². The van der Waals surface area contributed by atoms with E-state index in [4.69, 9.17) is 0 Å². The van der Waals surface area contributed by atoms with Gasteiger partial charge in [0.05, 0.1) is 5.92 Å². The highest BCUT2D eigenvalue weighted by Crippen LogP contribution is 2.37. The zero-order chi connectivity index (χ0) is 13.0. The fourth-order valence-corrected chi connectivity index (χ4v) is 3.88. The minimum absolute atomic E-state index is 0.0907. The zero-order valence-electron chi connectivity index (χ0n) is 10.7. The van der Waals surface area contributed by atoms with Crippen molar-refractivity contribution in [3.8, 4) is 0 Å². The Morgan fingerprint density at radius 2 is 2.26 bits per heavy atom. The van der Waals surface area contributed by atoms with E-state index >= 15 is 0 Å². The van der Waals surface area contributed by atoms with Gasteiger partial charge in [-0.2, -0.15) is 0 Å². The molecule has 3 nitrogen and oxygen atoms in total. The molecule has 0 saturated carbocycles. The molecule has 1 aromatic rings. The van der Waals surface area contributed by atoms with Gasteiger partial charge < -0.3 is 10.2 Å². The summed E-state index contributed by atoms with van der Waals surface area (Å²) in [4.78, 5) is 14.5. The van der Waals surface area contributed by atoms with Crippen LogP contribution in [0, 0.1) is 11.7 Å². The molecule has 2 saturated heterocycles. The van der Waals surface area contributed by atoms with E-state index in [-0.39, 0.29) is 17.6 Å². The van der Waals surface area contributed by atoms with Gasteiger partial charge in [0, 0.05) is 24.3 Å². The second-order valence-corrected chi connectivity index (χ2v) is 5.90. The Morgan fingerprint density at radius 3 is 3.00 bits per heavy atom. The molecule has 3 atom stereocenters. The van der Waals surface area contributed by atoms with Gasteiger partial charge >= 0.3 is 0 Å². The van der Waals surface area contributed by atoms with Gasteiger partial charge in [0.15, 0.2) is 0 Å². The van der Waals surface area contributed by atoms with E-state index in [1.807, 2.05) is 0 Å². The topological polar surface area (TPSA) is 32.3 Å². The van der Waals surface area contributed by atoms with Crippen molar-refractivity contribution in [1.82, 2.24) is 5.32 Å². The van der Waals surface area contributed by atoms with Crippen LogP contribution in [0.3, 0.4) is 0 Å². The third kappa shape index (κ3) is 1.70. The van der Waals surface area contributed by atoms with Crippen LogP contribution in [0.15, 0.2) is 18.2 Å². The van der Waals surface area contributed by atoms with Crippen LogP contribution in [0.1, 0.15) is 24.8 Å². The predicted octanol–water partition coefficient (Wildman–Crippen LogP) is 1.86. The van der Waals surface area contributed by atoms with Crippen LogP contribution in [0.5, 0.6) is 0 Å². The first-order valence-corrected chi connectivity index (χ1v) is 7.08. The van der Waals surface area contributed by atoms with E-state index in [0.717, 1.165) is 30.5 Å². The van der Waals surface area contributed by atoms with E-state index in [1.54, 1.807) is 11.0 Å². The lowest BCUT2D eigenvalue weighted by Crippen LogP contribution is -2.40. The number of nitrogens with zero attached hydrogens (tertiary/aromatic N) is 1. The summed E-state index contributed by atoms with van der Waals surface area (Å²) in [5.41, 5.74) is 1.87. The first-order chi connectivity index (χ1) is 9.22. The average Bonchev–Trinajstić information content (AvgIpc) is 3.11. The number of halogens is 1. The SMILES string of the molecule is O=C(C1CC2CCC1N2)N1CCc2ccc(F)cc21. The minimum Gasteiger partial charge on any atom is -0.311 e. The third-order valence-corrected chi connectivity index (χ3v) is 4.83. The molecule has 3 unspecified atom stereocenters. The molecule has 2 fully saturated rings. The monoisotopic (exact) mass is 260 g/mol. The van der Waals surface area contributed by atoms with Crippen molar-refractivity contribution in [3.05, 3.63) is 29.6 Å². The van der Waals surface area contributed by atoms with Gasteiger partial charge in [-0.3, -0.25) is 4.79 Å². The average molecular weight is 260 g/mol. The Hall–Kier alpha value is -1.42. The molecule has 3 aliphatic rings. The quantitative estimate of drug-likeness (QED) is 0.836. The Balaban J connectivity index is 1.61. The summed E-state index contributed by atoms with van der Waals surface area (Å²) < 4.78 is 13.4. The Bertz CT molecular complexity index is 545. The number of amides is 1. The van der Waals surface area contributed by atoms with Gasteiger partial charge in [0.1, 0.15) is 5.82 Å². The molecule has 3 aliphatic heterocycles. The maximum atomic E-state index is 13.4. The van der Waals surface area contributed by atoms with E-state index in [1.165, 1.54) is 18.6 Å². The molecular weight excluding hydrogens is 243 g/mol. The van der Waals surface area contributed by atoms with Crippen LogP contribution < -0.4 is 10.2 Å². The smallest absolute Gasteiger partial charge is 0.231 e. The van der Waals surface area contributed by atoms with Crippen molar-refractivity contribution in [2.75, 3.05) is 11.4 Å². The molecule has 1 amide bonds. The van der Waals surface area contributed by atoms with Crippen LogP contribution >= 0.6 is 0 Å². The summed E-state index contributed by atoms with van der Waals surface area (Å²) in [6.07, 6.45) is 4.09. The number of nitrogens with one attached hydrogen (secondary N) is 1. The molecular formula is C15H17FN2O. The molecule has 0 spiro atoms. The fraction of sp³-hybridized carbons (Fsp3) is 0.533. The lowest BCUT2D eigenvalue weighted by Gasteiger charge is -2.25. The molecule has 0 aliphatic carbocycles. The number of benzene rings is 1. The summed E-state index contributed by atoms with van der Waals surface area (Å²) >= 11 is 0. The predicted molar refractivity (Wildman–Crippen MR) is 70.5 cm³/mol. The van der Waals surface area contributed by atoms with Gasteiger partial charge in [-0.1, -0.05) is 6.07 Å². The van der Waals surface area contributed by atoms with Crippen molar-refractivity contribution < 1.29 is 9.18 Å². The number of carbonyl (C=O) groups is 1. The van der Waals surface area contributed by atoms with E-state index < -0.39 is 0 Å². The van der Waals surface area contributed by atoms with Crippen LogP contribution in [-0.2, 0) is 11.2 Å². The first kappa shape index (κ1) is 11.4. The zero-order valence-corrected chi connectivity index (χ0v) is 10.7. The fourth-order valence-electron chi connectivity index (χ4n) is 3.88. The van der Waals surface area contributed by atoms with Crippen LogP contribution in [-0.4, -0.2) is 24.5 Å². The lowest BCUT2D eigenvalue weighted by atomic mass is 9.88. The number of fused-ring (bicyclic) bond motifs is 3.